The molecule has 0 bridgehead atoms. The van der Waals surface area contributed by atoms with E-state index in [1.807, 2.05) is 31.2 Å². The van der Waals surface area contributed by atoms with Crippen LogP contribution in [0.15, 0.2) is 42.5 Å². The standard InChI is InChI=1S/C25H30ClNO4/c1-3-16-31-22-13-12-20(17-21(22)23(28)30-4-2)27-24(29)25(14-6-5-7-15-25)18-8-10-19(26)11-9-18/h8-13,17H,3-7,14-16H2,1-2H3,(H,27,29). The maximum absolute atomic E-state index is 13.5. The van der Waals surface area contributed by atoms with Gasteiger partial charge in [-0.05, 0) is 62.1 Å². The molecule has 0 saturated heterocycles. The van der Waals surface area contributed by atoms with E-state index in [0.717, 1.165) is 44.1 Å². The molecule has 0 unspecified atom stereocenters. The Morgan fingerprint density at radius 3 is 2.39 bits per heavy atom. The molecule has 5 nitrogen and oxygen atoms in total. The predicted molar refractivity (Wildman–Crippen MR) is 123 cm³/mol. The van der Waals surface area contributed by atoms with Crippen LogP contribution in [0, 0.1) is 0 Å². The molecule has 0 atom stereocenters. The summed E-state index contributed by atoms with van der Waals surface area (Å²) in [6.45, 7) is 4.52. The first-order valence-corrected chi connectivity index (χ1v) is 11.4. The largest absolute Gasteiger partial charge is 0.493 e. The van der Waals surface area contributed by atoms with E-state index in [0.29, 0.717) is 28.6 Å². The average molecular weight is 444 g/mol. The number of hydrogen-bond acceptors (Lipinski definition) is 4. The normalized spacial score (nSPS) is 15.2. The minimum atomic E-state index is -0.607. The molecule has 166 valence electrons. The molecule has 2 aromatic carbocycles. The second-order valence-corrected chi connectivity index (χ2v) is 8.32. The zero-order valence-electron chi connectivity index (χ0n) is 18.2. The van der Waals surface area contributed by atoms with Gasteiger partial charge in [-0.1, -0.05) is 49.9 Å². The molecule has 6 heteroatoms. The smallest absolute Gasteiger partial charge is 0.341 e. The van der Waals surface area contributed by atoms with Crippen LogP contribution in [0.25, 0.3) is 0 Å². The second kappa shape index (κ2) is 10.7. The van der Waals surface area contributed by atoms with E-state index in [1.54, 1.807) is 25.1 Å². The van der Waals surface area contributed by atoms with Gasteiger partial charge in [0.15, 0.2) is 0 Å². The van der Waals surface area contributed by atoms with E-state index in [4.69, 9.17) is 21.1 Å². The lowest BCUT2D eigenvalue weighted by Crippen LogP contribution is -2.42. The molecule has 31 heavy (non-hydrogen) atoms. The zero-order valence-corrected chi connectivity index (χ0v) is 19.0. The summed E-state index contributed by atoms with van der Waals surface area (Å²) >= 11 is 6.07. The fourth-order valence-electron chi connectivity index (χ4n) is 4.14. The van der Waals surface area contributed by atoms with Gasteiger partial charge in [0.1, 0.15) is 11.3 Å². The Morgan fingerprint density at radius 1 is 1.03 bits per heavy atom. The van der Waals surface area contributed by atoms with E-state index in [1.165, 1.54) is 0 Å². The highest BCUT2D eigenvalue weighted by Crippen LogP contribution is 2.41. The summed E-state index contributed by atoms with van der Waals surface area (Å²) in [4.78, 5) is 26.0. The quantitative estimate of drug-likeness (QED) is 0.497. The van der Waals surface area contributed by atoms with Gasteiger partial charge in [0.25, 0.3) is 0 Å². The molecule has 1 aliphatic rings. The summed E-state index contributed by atoms with van der Waals surface area (Å²) in [6, 6.07) is 12.7. The highest BCUT2D eigenvalue weighted by Gasteiger charge is 2.41. The molecule has 0 radical (unpaired) electrons. The zero-order chi connectivity index (χ0) is 22.3. The Morgan fingerprint density at radius 2 is 1.74 bits per heavy atom. The first-order chi connectivity index (χ1) is 15.0. The van der Waals surface area contributed by atoms with Gasteiger partial charge >= 0.3 is 5.97 Å². The number of carbonyl (C=O) groups is 2. The maximum Gasteiger partial charge on any atom is 0.341 e. The third-order valence-electron chi connectivity index (χ3n) is 5.73. The van der Waals surface area contributed by atoms with Crippen molar-refractivity contribution in [1.82, 2.24) is 0 Å². The lowest BCUT2D eigenvalue weighted by atomic mass is 9.68. The van der Waals surface area contributed by atoms with Crippen molar-refractivity contribution >= 4 is 29.2 Å². The molecule has 1 amide bonds. The topological polar surface area (TPSA) is 64.6 Å². The molecule has 2 aromatic rings. The van der Waals surface area contributed by atoms with Crippen LogP contribution < -0.4 is 10.1 Å². The van der Waals surface area contributed by atoms with E-state index >= 15 is 0 Å². The fourth-order valence-corrected chi connectivity index (χ4v) is 4.26. The number of amides is 1. The van der Waals surface area contributed by atoms with Gasteiger partial charge < -0.3 is 14.8 Å². The number of esters is 1. The Bertz CT molecular complexity index is 904. The van der Waals surface area contributed by atoms with Crippen molar-refractivity contribution in [2.45, 2.75) is 57.8 Å². The van der Waals surface area contributed by atoms with Gasteiger partial charge in [-0.25, -0.2) is 4.79 Å². The molecule has 1 aliphatic carbocycles. The molecule has 3 rings (SSSR count). The van der Waals surface area contributed by atoms with E-state index in [9.17, 15) is 9.59 Å². The van der Waals surface area contributed by atoms with E-state index in [-0.39, 0.29) is 12.5 Å². The number of rotatable bonds is 8. The first kappa shape index (κ1) is 23.1. The van der Waals surface area contributed by atoms with Crippen molar-refractivity contribution in [3.63, 3.8) is 0 Å². The lowest BCUT2D eigenvalue weighted by Gasteiger charge is -2.36. The molecule has 0 aromatic heterocycles. The average Bonchev–Trinajstić information content (AvgIpc) is 2.79. The van der Waals surface area contributed by atoms with Gasteiger partial charge in [0.2, 0.25) is 5.91 Å². The summed E-state index contributed by atoms with van der Waals surface area (Å²) in [7, 11) is 0. The molecule has 1 N–H and O–H groups in total. The monoisotopic (exact) mass is 443 g/mol. The van der Waals surface area contributed by atoms with Crippen molar-refractivity contribution in [3.8, 4) is 5.75 Å². The highest BCUT2D eigenvalue weighted by molar-refractivity contribution is 6.30. The van der Waals surface area contributed by atoms with Crippen molar-refractivity contribution in [2.75, 3.05) is 18.5 Å². The number of halogens is 1. The summed E-state index contributed by atoms with van der Waals surface area (Å²) in [5.74, 6) is -0.0651. The minimum absolute atomic E-state index is 0.0634. The van der Waals surface area contributed by atoms with Crippen LogP contribution in [0.2, 0.25) is 5.02 Å². The minimum Gasteiger partial charge on any atom is -0.493 e. The first-order valence-electron chi connectivity index (χ1n) is 11.0. The van der Waals surface area contributed by atoms with E-state index in [2.05, 4.69) is 5.32 Å². The summed E-state index contributed by atoms with van der Waals surface area (Å²) in [5, 5.41) is 3.70. The van der Waals surface area contributed by atoms with Gasteiger partial charge in [-0.15, -0.1) is 0 Å². The number of anilines is 1. The SMILES string of the molecule is CCCOc1ccc(NC(=O)C2(c3ccc(Cl)cc3)CCCCC2)cc1C(=O)OCC. The van der Waals surface area contributed by atoms with Crippen molar-refractivity contribution < 1.29 is 19.1 Å². The molecular weight excluding hydrogens is 414 g/mol. The number of hydrogen-bond donors (Lipinski definition) is 1. The van der Waals surface area contributed by atoms with Crippen LogP contribution in [-0.4, -0.2) is 25.1 Å². The maximum atomic E-state index is 13.5. The van der Waals surface area contributed by atoms with Gasteiger partial charge in [-0.2, -0.15) is 0 Å². The number of benzene rings is 2. The van der Waals surface area contributed by atoms with Crippen LogP contribution in [0.3, 0.4) is 0 Å². The molecule has 1 fully saturated rings. The number of ether oxygens (including phenoxy) is 2. The Hall–Kier alpha value is -2.53. The third-order valence-corrected chi connectivity index (χ3v) is 5.99. The lowest BCUT2D eigenvalue weighted by molar-refractivity contribution is -0.122. The van der Waals surface area contributed by atoms with Crippen LogP contribution in [0.4, 0.5) is 5.69 Å². The van der Waals surface area contributed by atoms with Crippen molar-refractivity contribution in [3.05, 3.63) is 58.6 Å². The van der Waals surface area contributed by atoms with E-state index < -0.39 is 11.4 Å². The Kier molecular flexibility index (Phi) is 7.97. The number of nitrogens with one attached hydrogen (secondary N) is 1. The van der Waals surface area contributed by atoms with Crippen LogP contribution in [0.1, 0.15) is 68.3 Å². The summed E-state index contributed by atoms with van der Waals surface area (Å²) < 4.78 is 10.9. The van der Waals surface area contributed by atoms with Crippen molar-refractivity contribution in [1.29, 1.82) is 0 Å². The van der Waals surface area contributed by atoms with Gasteiger partial charge in [0, 0.05) is 10.7 Å². The van der Waals surface area contributed by atoms with Gasteiger partial charge in [0.05, 0.1) is 18.6 Å². The molecule has 0 heterocycles. The van der Waals surface area contributed by atoms with Crippen molar-refractivity contribution in [2.24, 2.45) is 0 Å². The number of carbonyl (C=O) groups excluding carboxylic acids is 2. The molecule has 0 spiro atoms. The van der Waals surface area contributed by atoms with Crippen LogP contribution >= 0.6 is 11.6 Å². The second-order valence-electron chi connectivity index (χ2n) is 7.88. The molecular formula is C25H30ClNO4. The summed E-state index contributed by atoms with van der Waals surface area (Å²) in [6.07, 6.45) is 5.50. The van der Waals surface area contributed by atoms with Crippen LogP contribution in [0.5, 0.6) is 5.75 Å². The predicted octanol–water partition coefficient (Wildman–Crippen LogP) is 6.15. The fraction of sp³-hybridized carbons (Fsp3) is 0.440. The highest BCUT2D eigenvalue weighted by atomic mass is 35.5. The molecule has 0 aliphatic heterocycles. The Balaban J connectivity index is 1.90. The van der Waals surface area contributed by atoms with Crippen LogP contribution in [-0.2, 0) is 14.9 Å². The summed E-state index contributed by atoms with van der Waals surface area (Å²) in [5.41, 5.74) is 1.24. The third kappa shape index (κ3) is 5.40. The Labute approximate surface area is 189 Å². The molecule has 1 saturated carbocycles. The van der Waals surface area contributed by atoms with Gasteiger partial charge in [-0.3, -0.25) is 4.79 Å².